The molecular weight excluding hydrogens is 384 g/mol. The SMILES string of the molecule is COC(=O)C1=C(C(=O)OC)N(c2ccc(-c3nnc4n3CCCC4)cc2)C=CC=C1. The van der Waals surface area contributed by atoms with Crippen molar-refractivity contribution in [3.63, 3.8) is 0 Å². The van der Waals surface area contributed by atoms with Gasteiger partial charge in [-0.1, -0.05) is 6.08 Å². The van der Waals surface area contributed by atoms with Gasteiger partial charge in [-0.25, -0.2) is 9.59 Å². The van der Waals surface area contributed by atoms with Crippen molar-refractivity contribution in [3.8, 4) is 11.4 Å². The monoisotopic (exact) mass is 406 g/mol. The summed E-state index contributed by atoms with van der Waals surface area (Å²) in [6, 6.07) is 7.60. The van der Waals surface area contributed by atoms with Crippen LogP contribution >= 0.6 is 0 Å². The van der Waals surface area contributed by atoms with E-state index in [2.05, 4.69) is 14.8 Å². The first kappa shape index (κ1) is 19.6. The quantitative estimate of drug-likeness (QED) is 0.722. The van der Waals surface area contributed by atoms with Crippen molar-refractivity contribution in [3.05, 3.63) is 65.8 Å². The van der Waals surface area contributed by atoms with Crippen molar-refractivity contribution in [1.82, 2.24) is 14.8 Å². The highest BCUT2D eigenvalue weighted by Crippen LogP contribution is 2.29. The van der Waals surface area contributed by atoms with Crippen LogP contribution in [-0.4, -0.2) is 40.9 Å². The van der Waals surface area contributed by atoms with Gasteiger partial charge in [0.2, 0.25) is 0 Å². The normalized spacial score (nSPS) is 15.6. The predicted molar refractivity (Wildman–Crippen MR) is 110 cm³/mol. The first-order valence-corrected chi connectivity index (χ1v) is 9.71. The van der Waals surface area contributed by atoms with E-state index < -0.39 is 11.9 Å². The number of carbonyl (C=O) groups excluding carboxylic acids is 2. The molecule has 3 heterocycles. The topological polar surface area (TPSA) is 86.6 Å². The molecule has 0 aliphatic carbocycles. The molecule has 0 bridgehead atoms. The summed E-state index contributed by atoms with van der Waals surface area (Å²) in [6.07, 6.45) is 9.84. The Bertz CT molecular complexity index is 1060. The molecule has 1 aromatic heterocycles. The molecule has 0 spiro atoms. The van der Waals surface area contributed by atoms with E-state index in [4.69, 9.17) is 9.47 Å². The summed E-state index contributed by atoms with van der Waals surface area (Å²) in [5.74, 6) is 0.595. The van der Waals surface area contributed by atoms with Gasteiger partial charge < -0.3 is 18.9 Å². The Labute approximate surface area is 174 Å². The van der Waals surface area contributed by atoms with E-state index >= 15 is 0 Å². The van der Waals surface area contributed by atoms with Crippen molar-refractivity contribution in [2.24, 2.45) is 0 Å². The van der Waals surface area contributed by atoms with Gasteiger partial charge in [0.1, 0.15) is 11.5 Å². The van der Waals surface area contributed by atoms with Crippen molar-refractivity contribution in [2.45, 2.75) is 25.8 Å². The molecule has 8 heteroatoms. The second-order valence-corrected chi connectivity index (χ2v) is 6.91. The molecule has 0 fully saturated rings. The van der Waals surface area contributed by atoms with E-state index in [-0.39, 0.29) is 11.3 Å². The number of fused-ring (bicyclic) bond motifs is 1. The summed E-state index contributed by atoms with van der Waals surface area (Å²) in [6.45, 7) is 0.914. The zero-order valence-electron chi connectivity index (χ0n) is 16.9. The lowest BCUT2D eigenvalue weighted by Gasteiger charge is -2.23. The molecule has 0 unspecified atom stereocenters. The number of hydrogen-bond acceptors (Lipinski definition) is 7. The molecule has 154 valence electrons. The number of aromatic nitrogens is 3. The number of carbonyl (C=O) groups is 2. The first-order chi connectivity index (χ1) is 14.6. The summed E-state index contributed by atoms with van der Waals surface area (Å²) in [5, 5.41) is 8.66. The van der Waals surface area contributed by atoms with Gasteiger partial charge in [0.25, 0.3) is 0 Å². The van der Waals surface area contributed by atoms with Crippen LogP contribution in [0.3, 0.4) is 0 Å². The van der Waals surface area contributed by atoms with Crippen LogP contribution in [0.4, 0.5) is 5.69 Å². The minimum Gasteiger partial charge on any atom is -0.465 e. The summed E-state index contributed by atoms with van der Waals surface area (Å²) in [7, 11) is 2.55. The minimum absolute atomic E-state index is 0.0851. The van der Waals surface area contributed by atoms with Crippen LogP contribution < -0.4 is 4.90 Å². The molecule has 30 heavy (non-hydrogen) atoms. The predicted octanol–water partition coefficient (Wildman–Crippen LogP) is 2.77. The number of hydrogen-bond donors (Lipinski definition) is 0. The molecular formula is C22H22N4O4. The molecule has 0 N–H and O–H groups in total. The third-order valence-corrected chi connectivity index (χ3v) is 5.15. The fourth-order valence-corrected chi connectivity index (χ4v) is 3.66. The van der Waals surface area contributed by atoms with E-state index in [1.807, 2.05) is 24.3 Å². The number of nitrogens with zero attached hydrogens (tertiary/aromatic N) is 4. The van der Waals surface area contributed by atoms with E-state index in [1.165, 1.54) is 20.3 Å². The Morgan fingerprint density at radius 3 is 2.47 bits per heavy atom. The zero-order chi connectivity index (χ0) is 21.1. The second kappa shape index (κ2) is 8.36. The fourth-order valence-electron chi connectivity index (χ4n) is 3.66. The number of allylic oxidation sites excluding steroid dienone is 2. The standard InChI is InChI=1S/C22H22N4O4/c1-29-21(27)17-7-3-5-13-25(19(17)22(28)30-2)16-11-9-15(10-12-16)20-24-23-18-8-4-6-14-26(18)20/h3,5,7,9-13H,4,6,8,14H2,1-2H3. The Morgan fingerprint density at radius 1 is 0.967 bits per heavy atom. The van der Waals surface area contributed by atoms with E-state index in [9.17, 15) is 9.59 Å². The van der Waals surface area contributed by atoms with Gasteiger partial charge >= 0.3 is 11.9 Å². The summed E-state index contributed by atoms with van der Waals surface area (Å²) >= 11 is 0. The molecule has 2 aliphatic heterocycles. The molecule has 4 rings (SSSR count). The molecule has 2 aromatic rings. The number of methoxy groups -OCH3 is 2. The molecule has 0 amide bonds. The van der Waals surface area contributed by atoms with Gasteiger partial charge in [-0.15, -0.1) is 10.2 Å². The molecule has 0 radical (unpaired) electrons. The van der Waals surface area contributed by atoms with Crippen molar-refractivity contribution in [2.75, 3.05) is 19.1 Å². The maximum absolute atomic E-state index is 12.5. The van der Waals surface area contributed by atoms with Gasteiger partial charge in [-0.3, -0.25) is 0 Å². The van der Waals surface area contributed by atoms with Crippen molar-refractivity contribution in [1.29, 1.82) is 0 Å². The summed E-state index contributed by atoms with van der Waals surface area (Å²) in [4.78, 5) is 26.4. The van der Waals surface area contributed by atoms with Crippen LogP contribution in [0.15, 0.2) is 60.0 Å². The fraction of sp³-hybridized carbons (Fsp3) is 0.273. The van der Waals surface area contributed by atoms with E-state index in [1.54, 1.807) is 23.3 Å². The lowest BCUT2D eigenvalue weighted by molar-refractivity contribution is -0.139. The minimum atomic E-state index is -0.637. The number of esters is 2. The number of rotatable bonds is 4. The highest BCUT2D eigenvalue weighted by atomic mass is 16.5. The van der Waals surface area contributed by atoms with Crippen LogP contribution in [0.25, 0.3) is 11.4 Å². The number of benzene rings is 1. The van der Waals surface area contributed by atoms with Crippen LogP contribution in [0, 0.1) is 0 Å². The Morgan fingerprint density at radius 2 is 1.73 bits per heavy atom. The number of aryl methyl sites for hydroxylation is 1. The highest BCUT2D eigenvalue weighted by molar-refractivity contribution is 6.05. The van der Waals surface area contributed by atoms with Gasteiger partial charge in [-0.2, -0.15) is 0 Å². The van der Waals surface area contributed by atoms with Crippen LogP contribution in [0.2, 0.25) is 0 Å². The Balaban J connectivity index is 1.73. The third-order valence-electron chi connectivity index (χ3n) is 5.15. The molecule has 0 saturated heterocycles. The lowest BCUT2D eigenvalue weighted by atomic mass is 10.1. The molecule has 0 atom stereocenters. The van der Waals surface area contributed by atoms with E-state index in [0.29, 0.717) is 5.69 Å². The maximum atomic E-state index is 12.5. The van der Waals surface area contributed by atoms with Gasteiger partial charge in [0, 0.05) is 30.4 Å². The highest BCUT2D eigenvalue weighted by Gasteiger charge is 2.27. The van der Waals surface area contributed by atoms with E-state index in [0.717, 1.165) is 43.0 Å². The Kier molecular flexibility index (Phi) is 5.47. The van der Waals surface area contributed by atoms with Gasteiger partial charge in [-0.05, 0) is 49.3 Å². The number of ether oxygens (including phenoxy) is 2. The Hall–Kier alpha value is -3.68. The average molecular weight is 406 g/mol. The number of anilines is 1. The lowest BCUT2D eigenvalue weighted by Crippen LogP contribution is -2.26. The van der Waals surface area contributed by atoms with Crippen molar-refractivity contribution < 1.29 is 19.1 Å². The smallest absolute Gasteiger partial charge is 0.355 e. The summed E-state index contributed by atoms with van der Waals surface area (Å²) < 4.78 is 11.9. The van der Waals surface area contributed by atoms with Crippen LogP contribution in [-0.2, 0) is 32.0 Å². The summed E-state index contributed by atoms with van der Waals surface area (Å²) in [5.41, 5.74) is 1.83. The third kappa shape index (κ3) is 3.52. The van der Waals surface area contributed by atoms with Crippen LogP contribution in [0.5, 0.6) is 0 Å². The first-order valence-electron chi connectivity index (χ1n) is 9.71. The second-order valence-electron chi connectivity index (χ2n) is 6.91. The molecule has 0 saturated carbocycles. The molecule has 1 aromatic carbocycles. The van der Waals surface area contributed by atoms with Crippen molar-refractivity contribution >= 4 is 17.6 Å². The average Bonchev–Trinajstić information content (AvgIpc) is 3.10. The zero-order valence-corrected chi connectivity index (χ0v) is 16.9. The largest absolute Gasteiger partial charge is 0.465 e. The maximum Gasteiger partial charge on any atom is 0.355 e. The van der Waals surface area contributed by atoms with Gasteiger partial charge in [0.05, 0.1) is 19.8 Å². The molecule has 2 aliphatic rings. The molecule has 8 nitrogen and oxygen atoms in total. The van der Waals surface area contributed by atoms with Gasteiger partial charge in [0.15, 0.2) is 5.82 Å². The van der Waals surface area contributed by atoms with Crippen LogP contribution in [0.1, 0.15) is 18.7 Å².